The highest BCUT2D eigenvalue weighted by Gasteiger charge is 2.45. The van der Waals surface area contributed by atoms with Gasteiger partial charge < -0.3 is 19.2 Å². The molecular formula is C20H18N2O7. The van der Waals surface area contributed by atoms with E-state index < -0.39 is 28.4 Å². The number of rotatable bonds is 6. The van der Waals surface area contributed by atoms with E-state index in [1.54, 1.807) is 6.07 Å². The second-order valence-corrected chi connectivity index (χ2v) is 6.92. The van der Waals surface area contributed by atoms with Crippen LogP contribution in [-0.2, 0) is 9.53 Å². The molecule has 150 valence electrons. The standard InChI is InChI=1S/C20H18N2O7/c23-18(15-7-3-9-29-15)16-17(12-4-1-5-13(10-12)22(26)27)21(20(25)19(16)24)11-14-6-2-8-28-14/h1,3-5,7,9-10,14,17,24H,2,6,8,11H2. The van der Waals surface area contributed by atoms with Crippen LogP contribution >= 0.6 is 0 Å². The summed E-state index contributed by atoms with van der Waals surface area (Å²) in [7, 11) is 0. The highest BCUT2D eigenvalue weighted by Crippen LogP contribution is 2.40. The molecule has 4 rings (SSSR count). The maximum atomic E-state index is 13.0. The number of nitrogens with zero attached hydrogens (tertiary/aromatic N) is 2. The van der Waals surface area contributed by atoms with Crippen molar-refractivity contribution in [2.24, 2.45) is 0 Å². The molecule has 2 unspecified atom stereocenters. The number of ketones is 1. The largest absolute Gasteiger partial charge is 0.503 e. The summed E-state index contributed by atoms with van der Waals surface area (Å²) < 4.78 is 10.8. The van der Waals surface area contributed by atoms with Gasteiger partial charge in [-0.15, -0.1) is 0 Å². The average molecular weight is 398 g/mol. The Morgan fingerprint density at radius 2 is 2.14 bits per heavy atom. The summed E-state index contributed by atoms with van der Waals surface area (Å²) in [5.41, 5.74) is 0.0103. The summed E-state index contributed by atoms with van der Waals surface area (Å²) in [5.74, 6) is -2.08. The van der Waals surface area contributed by atoms with Crippen LogP contribution in [0.15, 0.2) is 58.4 Å². The number of ether oxygens (including phenoxy) is 1. The predicted molar refractivity (Wildman–Crippen MR) is 99.2 cm³/mol. The van der Waals surface area contributed by atoms with Crippen LogP contribution in [-0.4, -0.2) is 45.9 Å². The zero-order valence-corrected chi connectivity index (χ0v) is 15.3. The molecule has 2 aliphatic rings. The minimum atomic E-state index is -0.982. The highest BCUT2D eigenvalue weighted by molar-refractivity contribution is 6.15. The second-order valence-electron chi connectivity index (χ2n) is 6.92. The van der Waals surface area contributed by atoms with Crippen LogP contribution in [0.4, 0.5) is 5.69 Å². The van der Waals surface area contributed by atoms with Gasteiger partial charge in [-0.1, -0.05) is 12.1 Å². The van der Waals surface area contributed by atoms with E-state index in [-0.39, 0.29) is 29.7 Å². The lowest BCUT2D eigenvalue weighted by molar-refractivity contribution is -0.384. The number of hydrogen-bond acceptors (Lipinski definition) is 7. The van der Waals surface area contributed by atoms with Crippen molar-refractivity contribution in [1.29, 1.82) is 0 Å². The zero-order valence-electron chi connectivity index (χ0n) is 15.3. The Hall–Kier alpha value is -3.46. The molecule has 1 aromatic carbocycles. The number of non-ortho nitro benzene ring substituents is 1. The van der Waals surface area contributed by atoms with Gasteiger partial charge in [-0.3, -0.25) is 19.7 Å². The number of aliphatic hydroxyl groups excluding tert-OH is 1. The predicted octanol–water partition coefficient (Wildman–Crippen LogP) is 2.95. The van der Waals surface area contributed by atoms with Crippen molar-refractivity contribution in [2.45, 2.75) is 25.0 Å². The van der Waals surface area contributed by atoms with Crippen molar-refractivity contribution in [3.05, 3.63) is 75.4 Å². The molecule has 2 aromatic rings. The molecule has 0 bridgehead atoms. The Balaban J connectivity index is 1.79. The fourth-order valence-electron chi connectivity index (χ4n) is 3.78. The van der Waals surface area contributed by atoms with Crippen molar-refractivity contribution < 1.29 is 28.8 Å². The summed E-state index contributed by atoms with van der Waals surface area (Å²) in [5, 5.41) is 21.8. The highest BCUT2D eigenvalue weighted by atomic mass is 16.6. The maximum Gasteiger partial charge on any atom is 0.290 e. The molecule has 2 atom stereocenters. The molecule has 9 nitrogen and oxygen atoms in total. The summed E-state index contributed by atoms with van der Waals surface area (Å²) in [4.78, 5) is 37.8. The fraction of sp³-hybridized carbons (Fsp3) is 0.300. The number of carbonyl (C=O) groups is 2. The Labute approximate surface area is 165 Å². The van der Waals surface area contributed by atoms with Gasteiger partial charge in [-0.2, -0.15) is 0 Å². The third kappa shape index (κ3) is 3.40. The van der Waals surface area contributed by atoms with Crippen LogP contribution in [0.25, 0.3) is 0 Å². The number of carbonyl (C=O) groups excluding carboxylic acids is 2. The van der Waals surface area contributed by atoms with E-state index in [0.717, 1.165) is 12.8 Å². The van der Waals surface area contributed by atoms with Gasteiger partial charge in [-0.25, -0.2) is 0 Å². The van der Waals surface area contributed by atoms with E-state index in [1.807, 2.05) is 0 Å². The van der Waals surface area contributed by atoms with Crippen LogP contribution < -0.4 is 0 Å². The van der Waals surface area contributed by atoms with E-state index in [1.165, 1.54) is 41.5 Å². The first-order chi connectivity index (χ1) is 14.0. The number of furan rings is 1. The molecule has 3 heterocycles. The Bertz CT molecular complexity index is 990. The van der Waals surface area contributed by atoms with Crippen LogP contribution in [0.1, 0.15) is 35.0 Å². The summed E-state index contributed by atoms with van der Waals surface area (Å²) in [6.45, 7) is 0.733. The Kier molecular flexibility index (Phi) is 4.89. The smallest absolute Gasteiger partial charge is 0.290 e. The first-order valence-electron chi connectivity index (χ1n) is 9.15. The van der Waals surface area contributed by atoms with E-state index >= 15 is 0 Å². The number of nitro benzene ring substituents is 1. The average Bonchev–Trinajstić information content (AvgIpc) is 3.46. The number of amides is 1. The minimum Gasteiger partial charge on any atom is -0.503 e. The van der Waals surface area contributed by atoms with Gasteiger partial charge in [0.1, 0.15) is 0 Å². The van der Waals surface area contributed by atoms with Crippen LogP contribution in [0.3, 0.4) is 0 Å². The van der Waals surface area contributed by atoms with Gasteiger partial charge in [0.05, 0.1) is 28.9 Å². The molecule has 1 aromatic heterocycles. The van der Waals surface area contributed by atoms with Crippen molar-refractivity contribution in [1.82, 2.24) is 4.90 Å². The van der Waals surface area contributed by atoms with Gasteiger partial charge in [0.25, 0.3) is 11.6 Å². The van der Waals surface area contributed by atoms with Gasteiger partial charge >= 0.3 is 0 Å². The molecule has 1 saturated heterocycles. The molecule has 0 spiro atoms. The molecular weight excluding hydrogens is 380 g/mol. The van der Waals surface area contributed by atoms with Crippen LogP contribution in [0.2, 0.25) is 0 Å². The van der Waals surface area contributed by atoms with Crippen LogP contribution in [0.5, 0.6) is 0 Å². The van der Waals surface area contributed by atoms with E-state index in [2.05, 4.69) is 0 Å². The third-order valence-electron chi connectivity index (χ3n) is 5.11. The Morgan fingerprint density at radius 3 is 2.79 bits per heavy atom. The second kappa shape index (κ2) is 7.51. The fourth-order valence-corrected chi connectivity index (χ4v) is 3.78. The third-order valence-corrected chi connectivity index (χ3v) is 5.11. The maximum absolute atomic E-state index is 13.0. The molecule has 0 radical (unpaired) electrons. The quantitative estimate of drug-likeness (QED) is 0.451. The minimum absolute atomic E-state index is 0.0336. The number of nitro groups is 1. The zero-order chi connectivity index (χ0) is 20.5. The van der Waals surface area contributed by atoms with Crippen molar-refractivity contribution >= 4 is 17.4 Å². The summed E-state index contributed by atoms with van der Waals surface area (Å²) in [6.07, 6.45) is 2.68. The number of aliphatic hydroxyl groups is 1. The van der Waals surface area contributed by atoms with Crippen molar-refractivity contribution in [3.8, 4) is 0 Å². The lowest BCUT2D eigenvalue weighted by atomic mass is 9.94. The Morgan fingerprint density at radius 1 is 1.31 bits per heavy atom. The van der Waals surface area contributed by atoms with Gasteiger partial charge in [0, 0.05) is 25.3 Å². The molecule has 2 aliphatic heterocycles. The summed E-state index contributed by atoms with van der Waals surface area (Å²) >= 11 is 0. The molecule has 1 amide bonds. The lowest BCUT2D eigenvalue weighted by Crippen LogP contribution is -2.37. The monoisotopic (exact) mass is 398 g/mol. The van der Waals surface area contributed by atoms with Gasteiger partial charge in [0.2, 0.25) is 5.78 Å². The van der Waals surface area contributed by atoms with Crippen molar-refractivity contribution in [2.75, 3.05) is 13.2 Å². The topological polar surface area (TPSA) is 123 Å². The molecule has 1 N–H and O–H groups in total. The number of Topliss-reactive ketones (excluding diaryl/α,β-unsaturated/α-hetero) is 1. The molecule has 9 heteroatoms. The number of benzene rings is 1. The number of hydrogen-bond donors (Lipinski definition) is 1. The van der Waals surface area contributed by atoms with E-state index in [9.17, 15) is 24.8 Å². The molecule has 0 aliphatic carbocycles. The first kappa shape index (κ1) is 18.9. The molecule has 1 fully saturated rings. The van der Waals surface area contributed by atoms with E-state index in [0.29, 0.717) is 12.2 Å². The SMILES string of the molecule is O=C(C1=C(O)C(=O)N(CC2CCCO2)C1c1cccc([N+](=O)[O-])c1)c1ccco1. The van der Waals surface area contributed by atoms with Crippen LogP contribution in [0, 0.1) is 10.1 Å². The first-order valence-corrected chi connectivity index (χ1v) is 9.15. The molecule has 29 heavy (non-hydrogen) atoms. The van der Waals surface area contributed by atoms with Gasteiger partial charge in [0.15, 0.2) is 11.5 Å². The normalized spacial score (nSPS) is 21.8. The summed E-state index contributed by atoms with van der Waals surface area (Å²) in [6, 6.07) is 7.66. The van der Waals surface area contributed by atoms with Gasteiger partial charge in [-0.05, 0) is 30.5 Å². The lowest BCUT2D eigenvalue weighted by Gasteiger charge is -2.28. The van der Waals surface area contributed by atoms with Crippen molar-refractivity contribution in [3.63, 3.8) is 0 Å². The molecule has 0 saturated carbocycles. The van der Waals surface area contributed by atoms with E-state index in [4.69, 9.17) is 9.15 Å².